The molecule has 1 heterocycles. The summed E-state index contributed by atoms with van der Waals surface area (Å²) in [5, 5.41) is 0. The molecule has 0 saturated heterocycles. The first kappa shape index (κ1) is 22.4. The Morgan fingerprint density at radius 3 is 2.48 bits per heavy atom. The lowest BCUT2D eigenvalue weighted by Crippen LogP contribution is -2.64. The summed E-state index contributed by atoms with van der Waals surface area (Å²) in [4.78, 5) is 38.6. The van der Waals surface area contributed by atoms with Gasteiger partial charge in [-0.25, -0.2) is 0 Å². The van der Waals surface area contributed by atoms with Crippen molar-refractivity contribution in [3.05, 3.63) is 48.0 Å². The molecule has 176 valence electrons. The van der Waals surface area contributed by atoms with E-state index in [9.17, 15) is 14.4 Å². The second-order valence-corrected chi connectivity index (χ2v) is 11.9. The van der Waals surface area contributed by atoms with Gasteiger partial charge >= 0.3 is 5.97 Å². The highest BCUT2D eigenvalue weighted by atomic mass is 16.5. The second kappa shape index (κ2) is 6.80. The minimum Gasteiger partial charge on any atom is -0.472 e. The zero-order valence-electron chi connectivity index (χ0n) is 20.4. The van der Waals surface area contributed by atoms with E-state index < -0.39 is 16.9 Å². The number of esters is 1. The SMILES string of the molecule is CC(=O)O[C@@H]1C[C@@H]2C(C)(C)C(=O)C=C[C@]2(C)[C@@H]2CC[C@]3(C)C(=CC(=O)[C@@H]3c3ccoc3)[C@]12C. The fraction of sp³-hybridized carbons (Fsp3) is 0.607. The maximum Gasteiger partial charge on any atom is 0.302 e. The van der Waals surface area contributed by atoms with Crippen LogP contribution in [0.25, 0.3) is 0 Å². The summed E-state index contributed by atoms with van der Waals surface area (Å²) in [5.74, 6) is -0.177. The first-order chi connectivity index (χ1) is 15.4. The smallest absolute Gasteiger partial charge is 0.302 e. The number of allylic oxidation sites excluding steroid dienone is 3. The quantitative estimate of drug-likeness (QED) is 0.563. The Balaban J connectivity index is 1.68. The van der Waals surface area contributed by atoms with Crippen molar-refractivity contribution < 1.29 is 23.5 Å². The highest BCUT2D eigenvalue weighted by Crippen LogP contribution is 2.72. The molecule has 0 aromatic carbocycles. The molecule has 2 fully saturated rings. The Morgan fingerprint density at radius 2 is 1.85 bits per heavy atom. The van der Waals surface area contributed by atoms with Crippen LogP contribution >= 0.6 is 0 Å². The highest BCUT2D eigenvalue weighted by Gasteiger charge is 2.69. The predicted molar refractivity (Wildman–Crippen MR) is 123 cm³/mol. The van der Waals surface area contributed by atoms with E-state index in [4.69, 9.17) is 9.15 Å². The number of ketones is 2. The van der Waals surface area contributed by atoms with E-state index in [1.165, 1.54) is 6.92 Å². The van der Waals surface area contributed by atoms with Gasteiger partial charge in [0.25, 0.3) is 0 Å². The van der Waals surface area contributed by atoms with Gasteiger partial charge < -0.3 is 9.15 Å². The normalized spacial score (nSPS) is 43.4. The topological polar surface area (TPSA) is 73.6 Å². The lowest BCUT2D eigenvalue weighted by atomic mass is 9.38. The largest absolute Gasteiger partial charge is 0.472 e. The molecule has 0 amide bonds. The average molecular weight is 451 g/mol. The van der Waals surface area contributed by atoms with Crippen LogP contribution in [0.1, 0.15) is 72.3 Å². The fourth-order valence-electron chi connectivity index (χ4n) is 8.44. The summed E-state index contributed by atoms with van der Waals surface area (Å²) in [7, 11) is 0. The van der Waals surface area contributed by atoms with Gasteiger partial charge in [-0.15, -0.1) is 0 Å². The summed E-state index contributed by atoms with van der Waals surface area (Å²) >= 11 is 0. The first-order valence-corrected chi connectivity index (χ1v) is 12.1. The third-order valence-electron chi connectivity index (χ3n) is 9.99. The molecule has 7 atom stereocenters. The van der Waals surface area contributed by atoms with E-state index in [1.807, 2.05) is 26.0 Å². The molecule has 1 aromatic heterocycles. The Kier molecular flexibility index (Phi) is 4.61. The van der Waals surface area contributed by atoms with Gasteiger partial charge in [0.05, 0.1) is 18.4 Å². The number of furan rings is 1. The maximum atomic E-state index is 13.4. The Morgan fingerprint density at radius 1 is 1.12 bits per heavy atom. The summed E-state index contributed by atoms with van der Waals surface area (Å²) < 4.78 is 11.4. The summed E-state index contributed by atoms with van der Waals surface area (Å²) in [6, 6.07) is 1.89. The molecule has 0 bridgehead atoms. The molecule has 5 rings (SSSR count). The van der Waals surface area contributed by atoms with Crippen molar-refractivity contribution in [1.29, 1.82) is 0 Å². The predicted octanol–water partition coefficient (Wildman–Crippen LogP) is 5.42. The lowest BCUT2D eigenvalue weighted by molar-refractivity contribution is -0.187. The highest BCUT2D eigenvalue weighted by molar-refractivity contribution is 6.01. The van der Waals surface area contributed by atoms with Crippen LogP contribution in [-0.4, -0.2) is 23.6 Å². The molecule has 0 N–H and O–H groups in total. The Bertz CT molecular complexity index is 1090. The first-order valence-electron chi connectivity index (χ1n) is 12.1. The van der Waals surface area contributed by atoms with E-state index in [2.05, 4.69) is 26.8 Å². The molecule has 0 unspecified atom stereocenters. The second-order valence-electron chi connectivity index (χ2n) is 11.9. The molecule has 5 heteroatoms. The van der Waals surface area contributed by atoms with Crippen molar-refractivity contribution >= 4 is 17.5 Å². The molecule has 4 aliphatic carbocycles. The van der Waals surface area contributed by atoms with Crippen molar-refractivity contribution in [3.8, 4) is 0 Å². The minimum atomic E-state index is -0.539. The van der Waals surface area contributed by atoms with E-state index in [1.54, 1.807) is 18.6 Å². The molecular weight excluding hydrogens is 416 g/mol. The van der Waals surface area contributed by atoms with Crippen LogP contribution in [0.4, 0.5) is 0 Å². The van der Waals surface area contributed by atoms with Crippen LogP contribution in [0.2, 0.25) is 0 Å². The number of hydrogen-bond donors (Lipinski definition) is 0. The number of rotatable bonds is 2. The van der Waals surface area contributed by atoms with Crippen molar-refractivity contribution in [1.82, 2.24) is 0 Å². The number of fused-ring (bicyclic) bond motifs is 5. The van der Waals surface area contributed by atoms with Gasteiger partial charge in [-0.3, -0.25) is 14.4 Å². The average Bonchev–Trinajstić information content (AvgIpc) is 3.32. The molecule has 2 saturated carbocycles. The van der Waals surface area contributed by atoms with Gasteiger partial charge in [0.1, 0.15) is 6.10 Å². The van der Waals surface area contributed by atoms with Crippen LogP contribution < -0.4 is 0 Å². The summed E-state index contributed by atoms with van der Waals surface area (Å²) in [6.07, 6.45) is 11.0. The van der Waals surface area contributed by atoms with Gasteiger partial charge in [0.2, 0.25) is 0 Å². The van der Waals surface area contributed by atoms with E-state index >= 15 is 0 Å². The van der Waals surface area contributed by atoms with E-state index in [-0.39, 0.29) is 46.1 Å². The van der Waals surface area contributed by atoms with Crippen LogP contribution in [0.5, 0.6) is 0 Å². The molecule has 1 aromatic rings. The van der Waals surface area contributed by atoms with E-state index in [0.29, 0.717) is 6.42 Å². The van der Waals surface area contributed by atoms with Crippen LogP contribution in [-0.2, 0) is 19.1 Å². The van der Waals surface area contributed by atoms with Crippen LogP contribution in [0.15, 0.2) is 46.8 Å². The van der Waals surface area contributed by atoms with Crippen LogP contribution in [0, 0.1) is 33.5 Å². The Labute approximate surface area is 195 Å². The Hall–Kier alpha value is -2.43. The fourth-order valence-corrected chi connectivity index (χ4v) is 8.44. The summed E-state index contributed by atoms with van der Waals surface area (Å²) in [5.41, 5.74) is 0.363. The molecule has 4 aliphatic rings. The van der Waals surface area contributed by atoms with Crippen LogP contribution in [0.3, 0.4) is 0 Å². The van der Waals surface area contributed by atoms with Gasteiger partial charge in [-0.05, 0) is 60.3 Å². The van der Waals surface area contributed by atoms with Gasteiger partial charge in [0, 0.05) is 28.7 Å². The standard InChI is InChI=1S/C28H34O5/c1-16(29)33-23-14-20-25(2,3)22(31)8-11-26(20,4)19-7-10-27(5)21(28(19,23)6)13-18(30)24(27)17-9-12-32-15-17/h8-9,11-13,15,19-20,23-24H,7,10,14H2,1-6H3/t19-,20+,23+,24-,26+,27+,28+/m0/s1. The zero-order chi connectivity index (χ0) is 24.0. The molecule has 0 aliphatic heterocycles. The van der Waals surface area contributed by atoms with Crippen molar-refractivity contribution in [2.24, 2.45) is 33.5 Å². The molecule has 5 nitrogen and oxygen atoms in total. The third kappa shape index (κ3) is 2.74. The van der Waals surface area contributed by atoms with Gasteiger partial charge in [0.15, 0.2) is 11.6 Å². The maximum absolute atomic E-state index is 13.4. The minimum absolute atomic E-state index is 0.0525. The number of hydrogen-bond acceptors (Lipinski definition) is 5. The monoisotopic (exact) mass is 450 g/mol. The van der Waals surface area contributed by atoms with Gasteiger partial charge in [-0.2, -0.15) is 0 Å². The summed E-state index contributed by atoms with van der Waals surface area (Å²) in [6.45, 7) is 12.1. The number of ether oxygens (including phenoxy) is 1. The van der Waals surface area contributed by atoms with Crippen molar-refractivity contribution in [2.45, 2.75) is 72.8 Å². The van der Waals surface area contributed by atoms with E-state index in [0.717, 1.165) is 24.0 Å². The number of carbonyl (C=O) groups excluding carboxylic acids is 3. The zero-order valence-corrected chi connectivity index (χ0v) is 20.4. The molecule has 0 spiro atoms. The molecule has 0 radical (unpaired) electrons. The third-order valence-corrected chi connectivity index (χ3v) is 9.99. The number of carbonyl (C=O) groups is 3. The lowest BCUT2D eigenvalue weighted by Gasteiger charge is -2.66. The van der Waals surface area contributed by atoms with Gasteiger partial charge in [-0.1, -0.05) is 40.7 Å². The van der Waals surface area contributed by atoms with Crippen molar-refractivity contribution in [2.75, 3.05) is 0 Å². The molecular formula is C28H34O5. The molecule has 33 heavy (non-hydrogen) atoms. The van der Waals surface area contributed by atoms with Crippen molar-refractivity contribution in [3.63, 3.8) is 0 Å².